The summed E-state index contributed by atoms with van der Waals surface area (Å²) in [5.41, 5.74) is 1.01. The van der Waals surface area contributed by atoms with Gasteiger partial charge in [-0.25, -0.2) is 0 Å². The minimum atomic E-state index is -1.11. The van der Waals surface area contributed by atoms with E-state index in [1.165, 1.54) is 0 Å². The molecule has 0 radical (unpaired) electrons. The van der Waals surface area contributed by atoms with Crippen molar-refractivity contribution in [2.24, 2.45) is 5.41 Å². The van der Waals surface area contributed by atoms with Gasteiger partial charge in [-0.3, -0.25) is 9.59 Å². The SMILES string of the molecule is COC[C@@H]1CCCN1C(=O)[C@]1(CCOCc2ccc(OC)cc2)C=C(C)CCC1=O. The summed E-state index contributed by atoms with van der Waals surface area (Å²) in [5, 5.41) is 0. The molecule has 1 heterocycles. The average Bonchev–Trinajstić information content (AvgIpc) is 3.22. The first kappa shape index (κ1) is 22.5. The second-order valence-electron chi connectivity index (χ2n) is 8.29. The first-order chi connectivity index (χ1) is 14.5. The highest BCUT2D eigenvalue weighted by atomic mass is 16.5. The number of allylic oxidation sites excluding steroid dienone is 1. The second-order valence-corrected chi connectivity index (χ2v) is 8.29. The van der Waals surface area contributed by atoms with Crippen molar-refractivity contribution < 1.29 is 23.8 Å². The van der Waals surface area contributed by atoms with Crippen LogP contribution in [0.4, 0.5) is 0 Å². The van der Waals surface area contributed by atoms with Crippen molar-refractivity contribution in [1.29, 1.82) is 0 Å². The molecule has 6 heteroatoms. The van der Waals surface area contributed by atoms with E-state index in [-0.39, 0.29) is 17.7 Å². The lowest BCUT2D eigenvalue weighted by Crippen LogP contribution is -2.51. The number of methoxy groups -OCH3 is 2. The molecule has 3 rings (SSSR count). The number of rotatable bonds is 9. The summed E-state index contributed by atoms with van der Waals surface area (Å²) >= 11 is 0. The predicted molar refractivity (Wildman–Crippen MR) is 114 cm³/mol. The van der Waals surface area contributed by atoms with Crippen molar-refractivity contribution in [1.82, 2.24) is 4.90 Å². The minimum absolute atomic E-state index is 0.00853. The van der Waals surface area contributed by atoms with E-state index >= 15 is 0 Å². The number of nitrogens with zero attached hydrogens (tertiary/aromatic N) is 1. The fourth-order valence-electron chi connectivity index (χ4n) is 4.48. The number of likely N-dealkylation sites (tertiary alicyclic amines) is 1. The fourth-order valence-corrected chi connectivity index (χ4v) is 4.48. The summed E-state index contributed by atoms with van der Waals surface area (Å²) < 4.78 is 16.4. The van der Waals surface area contributed by atoms with Crippen molar-refractivity contribution in [3.63, 3.8) is 0 Å². The lowest BCUT2D eigenvalue weighted by Gasteiger charge is -2.37. The maximum atomic E-state index is 13.6. The number of ether oxygens (including phenoxy) is 3. The summed E-state index contributed by atoms with van der Waals surface area (Å²) in [6.45, 7) is 3.97. The molecule has 2 atom stereocenters. The molecule has 6 nitrogen and oxygen atoms in total. The van der Waals surface area contributed by atoms with E-state index < -0.39 is 5.41 Å². The highest BCUT2D eigenvalue weighted by molar-refractivity contribution is 6.09. The average molecular weight is 416 g/mol. The van der Waals surface area contributed by atoms with Gasteiger partial charge in [0.25, 0.3) is 0 Å². The lowest BCUT2D eigenvalue weighted by atomic mass is 9.72. The normalized spacial score (nSPS) is 24.1. The van der Waals surface area contributed by atoms with Crippen LogP contribution in [0.15, 0.2) is 35.9 Å². The van der Waals surface area contributed by atoms with Crippen LogP contribution in [0, 0.1) is 5.41 Å². The maximum Gasteiger partial charge on any atom is 0.240 e. The van der Waals surface area contributed by atoms with E-state index in [1.807, 2.05) is 42.2 Å². The van der Waals surface area contributed by atoms with Crippen LogP contribution < -0.4 is 4.74 Å². The molecule has 30 heavy (non-hydrogen) atoms. The lowest BCUT2D eigenvalue weighted by molar-refractivity contribution is -0.149. The van der Waals surface area contributed by atoms with Gasteiger partial charge in [-0.2, -0.15) is 0 Å². The maximum absolute atomic E-state index is 13.6. The van der Waals surface area contributed by atoms with Gasteiger partial charge in [0.05, 0.1) is 26.4 Å². The minimum Gasteiger partial charge on any atom is -0.497 e. The van der Waals surface area contributed by atoms with Gasteiger partial charge in [-0.05, 0) is 50.3 Å². The molecule has 2 aliphatic rings. The van der Waals surface area contributed by atoms with Crippen LogP contribution in [0.5, 0.6) is 5.75 Å². The van der Waals surface area contributed by atoms with E-state index in [1.54, 1.807) is 14.2 Å². The van der Waals surface area contributed by atoms with Crippen molar-refractivity contribution in [3.05, 3.63) is 41.5 Å². The molecule has 0 aromatic heterocycles. The van der Waals surface area contributed by atoms with Gasteiger partial charge in [0, 0.05) is 26.7 Å². The molecule has 1 aromatic rings. The first-order valence-electron chi connectivity index (χ1n) is 10.7. The van der Waals surface area contributed by atoms with Gasteiger partial charge >= 0.3 is 0 Å². The quantitative estimate of drug-likeness (QED) is 0.351. The number of ketones is 1. The molecule has 0 unspecified atom stereocenters. The molecular formula is C24H33NO5. The van der Waals surface area contributed by atoms with Gasteiger partial charge in [0.15, 0.2) is 5.78 Å². The molecule has 1 saturated heterocycles. The van der Waals surface area contributed by atoms with E-state index in [0.717, 1.165) is 36.1 Å². The Morgan fingerprint density at radius 1 is 1.20 bits per heavy atom. The van der Waals surface area contributed by atoms with Crippen LogP contribution in [0.2, 0.25) is 0 Å². The molecule has 0 N–H and O–H groups in total. The summed E-state index contributed by atoms with van der Waals surface area (Å²) in [5.74, 6) is 0.723. The number of carbonyl (C=O) groups is 2. The molecule has 0 saturated carbocycles. The molecular weight excluding hydrogens is 382 g/mol. The van der Waals surface area contributed by atoms with Crippen LogP contribution in [0.3, 0.4) is 0 Å². The van der Waals surface area contributed by atoms with Crippen molar-refractivity contribution in [2.75, 3.05) is 34.0 Å². The molecule has 164 valence electrons. The molecule has 0 spiro atoms. The zero-order valence-corrected chi connectivity index (χ0v) is 18.3. The first-order valence-corrected chi connectivity index (χ1v) is 10.7. The van der Waals surface area contributed by atoms with Crippen molar-refractivity contribution in [2.45, 2.75) is 51.7 Å². The number of benzene rings is 1. The van der Waals surface area contributed by atoms with Gasteiger partial charge in [-0.15, -0.1) is 0 Å². The zero-order chi connectivity index (χ0) is 21.6. The topological polar surface area (TPSA) is 65.1 Å². The highest BCUT2D eigenvalue weighted by Gasteiger charge is 2.48. The Balaban J connectivity index is 1.70. The predicted octanol–water partition coefficient (Wildman–Crippen LogP) is 3.53. The molecule has 1 fully saturated rings. The second kappa shape index (κ2) is 10.2. The van der Waals surface area contributed by atoms with Crippen LogP contribution in [0.25, 0.3) is 0 Å². The summed E-state index contributed by atoms with van der Waals surface area (Å²) in [4.78, 5) is 28.6. The molecule has 1 aromatic carbocycles. The van der Waals surface area contributed by atoms with Gasteiger partial charge in [-0.1, -0.05) is 23.8 Å². The molecule has 0 bridgehead atoms. The van der Waals surface area contributed by atoms with E-state index in [9.17, 15) is 9.59 Å². The van der Waals surface area contributed by atoms with Crippen LogP contribution in [-0.4, -0.2) is 56.6 Å². The van der Waals surface area contributed by atoms with E-state index in [0.29, 0.717) is 39.2 Å². The Morgan fingerprint density at radius 3 is 2.67 bits per heavy atom. The van der Waals surface area contributed by atoms with Crippen molar-refractivity contribution >= 4 is 11.7 Å². The third-order valence-corrected chi connectivity index (χ3v) is 6.18. The van der Waals surface area contributed by atoms with Crippen LogP contribution >= 0.6 is 0 Å². The van der Waals surface area contributed by atoms with Crippen LogP contribution in [0.1, 0.15) is 44.6 Å². The Labute approximate surface area is 179 Å². The third-order valence-electron chi connectivity index (χ3n) is 6.18. The number of hydrogen-bond acceptors (Lipinski definition) is 5. The number of Topliss-reactive ketones (excluding diaryl/α,β-unsaturated/α-hetero) is 1. The van der Waals surface area contributed by atoms with Gasteiger partial charge in [0.2, 0.25) is 5.91 Å². The summed E-state index contributed by atoms with van der Waals surface area (Å²) in [6, 6.07) is 7.74. The monoisotopic (exact) mass is 415 g/mol. The zero-order valence-electron chi connectivity index (χ0n) is 18.3. The Bertz CT molecular complexity index is 772. The van der Waals surface area contributed by atoms with Gasteiger partial charge < -0.3 is 19.1 Å². The number of amides is 1. The molecule has 1 aliphatic heterocycles. The smallest absolute Gasteiger partial charge is 0.240 e. The Kier molecular flexibility index (Phi) is 7.67. The van der Waals surface area contributed by atoms with Crippen LogP contribution in [-0.2, 0) is 25.7 Å². The molecule has 1 amide bonds. The number of hydrogen-bond donors (Lipinski definition) is 0. The number of carbonyl (C=O) groups excluding carboxylic acids is 2. The summed E-state index contributed by atoms with van der Waals surface area (Å²) in [7, 11) is 3.29. The third kappa shape index (κ3) is 4.93. The Morgan fingerprint density at radius 2 is 1.97 bits per heavy atom. The van der Waals surface area contributed by atoms with E-state index in [4.69, 9.17) is 14.2 Å². The fraction of sp³-hybridized carbons (Fsp3) is 0.583. The van der Waals surface area contributed by atoms with E-state index in [2.05, 4.69) is 0 Å². The highest BCUT2D eigenvalue weighted by Crippen LogP contribution is 2.38. The summed E-state index contributed by atoms with van der Waals surface area (Å²) in [6.07, 6.45) is 5.27. The molecule has 1 aliphatic carbocycles. The van der Waals surface area contributed by atoms with Crippen molar-refractivity contribution in [3.8, 4) is 5.75 Å². The Hall–Kier alpha value is -2.18. The standard InChI is InChI=1S/C24H33NO5/c1-18-6-11-22(26)24(15-18,23(27)25-13-4-5-20(25)17-28-2)12-14-30-16-19-7-9-21(29-3)10-8-19/h7-10,15,20H,4-6,11-14,16-17H2,1-3H3/t20-,24+/m0/s1. The largest absolute Gasteiger partial charge is 0.497 e. The van der Waals surface area contributed by atoms with Gasteiger partial charge in [0.1, 0.15) is 11.2 Å².